The number of carbonyl (C=O) groups is 1. The van der Waals surface area contributed by atoms with Crippen molar-refractivity contribution in [3.63, 3.8) is 0 Å². The van der Waals surface area contributed by atoms with Gasteiger partial charge in [-0.3, -0.25) is 4.79 Å². The maximum Gasteiger partial charge on any atom is 0.255 e. The summed E-state index contributed by atoms with van der Waals surface area (Å²) >= 11 is 1.62. The molecule has 0 bridgehead atoms. The van der Waals surface area contributed by atoms with E-state index in [9.17, 15) is 13.2 Å². The van der Waals surface area contributed by atoms with Gasteiger partial charge in [-0.05, 0) is 75.2 Å². The quantitative estimate of drug-likeness (QED) is 0.626. The van der Waals surface area contributed by atoms with Crippen LogP contribution in [0, 0.1) is 13.8 Å². The molecule has 3 aromatic rings. The predicted octanol–water partition coefficient (Wildman–Crippen LogP) is 3.67. The summed E-state index contributed by atoms with van der Waals surface area (Å²) in [5.74, 6) is -0.353. The molecule has 0 saturated carbocycles. The third kappa shape index (κ3) is 3.92. The molecular formula is C21H24N4O3S2. The third-order valence-corrected chi connectivity index (χ3v) is 8.07. The van der Waals surface area contributed by atoms with Crippen LogP contribution in [0.5, 0.6) is 0 Å². The summed E-state index contributed by atoms with van der Waals surface area (Å²) in [6, 6.07) is 8.76. The largest absolute Gasteiger partial charge is 0.348 e. The van der Waals surface area contributed by atoms with Gasteiger partial charge in [0, 0.05) is 24.3 Å². The number of aromatic nitrogens is 1. The highest BCUT2D eigenvalue weighted by Crippen LogP contribution is 2.32. The predicted molar refractivity (Wildman–Crippen MR) is 121 cm³/mol. The zero-order chi connectivity index (χ0) is 21.5. The Balaban J connectivity index is 1.61. The van der Waals surface area contributed by atoms with Crippen LogP contribution >= 0.6 is 11.3 Å². The molecule has 0 unspecified atom stereocenters. The molecule has 1 aliphatic heterocycles. The average Bonchev–Trinajstić information content (AvgIpc) is 3.38. The first-order chi connectivity index (χ1) is 14.3. The number of anilines is 2. The lowest BCUT2D eigenvalue weighted by Gasteiger charge is -2.12. The number of rotatable bonds is 5. The number of thiazole rings is 1. The van der Waals surface area contributed by atoms with Crippen LogP contribution in [0.1, 0.15) is 34.3 Å². The first kappa shape index (κ1) is 20.8. The minimum absolute atomic E-state index is 0.114. The highest BCUT2D eigenvalue weighted by atomic mass is 32.2. The van der Waals surface area contributed by atoms with Crippen molar-refractivity contribution in [2.45, 2.75) is 31.6 Å². The number of fused-ring (bicyclic) bond motifs is 1. The van der Waals surface area contributed by atoms with Crippen molar-refractivity contribution in [2.24, 2.45) is 0 Å². The lowest BCUT2D eigenvalue weighted by Crippen LogP contribution is -2.21. The highest BCUT2D eigenvalue weighted by molar-refractivity contribution is 7.89. The van der Waals surface area contributed by atoms with Crippen molar-refractivity contribution in [1.29, 1.82) is 0 Å². The summed E-state index contributed by atoms with van der Waals surface area (Å²) in [5, 5.41) is 3.90. The molecule has 2 heterocycles. The Labute approximate surface area is 180 Å². The van der Waals surface area contributed by atoms with Crippen LogP contribution in [0.4, 0.5) is 10.8 Å². The van der Waals surface area contributed by atoms with Crippen LogP contribution in [0.15, 0.2) is 35.2 Å². The zero-order valence-corrected chi connectivity index (χ0v) is 18.8. The molecule has 1 aromatic heterocycles. The van der Waals surface area contributed by atoms with Gasteiger partial charge in [0.25, 0.3) is 5.91 Å². The fourth-order valence-corrected chi connectivity index (χ4v) is 5.71. The van der Waals surface area contributed by atoms with E-state index in [2.05, 4.69) is 14.9 Å². The molecule has 2 N–H and O–H groups in total. The van der Waals surface area contributed by atoms with Crippen molar-refractivity contribution < 1.29 is 13.2 Å². The van der Waals surface area contributed by atoms with Crippen molar-refractivity contribution >= 4 is 48.3 Å². The molecule has 2 aromatic carbocycles. The van der Waals surface area contributed by atoms with Gasteiger partial charge in [-0.2, -0.15) is 0 Å². The number of hydrogen-bond donors (Lipinski definition) is 2. The molecule has 0 aliphatic carbocycles. The standard InChI is InChI=1S/C21H24N4O3S2/c1-13-10-15(11-19(14(13)2)30(27,28)22-3)20(26)23-16-6-7-17-18(12-16)29-21(24-17)25-8-4-5-9-25/h6-7,10-12,22H,4-5,8-9H2,1-3H3,(H,23,26). The average molecular weight is 445 g/mol. The van der Waals surface area contributed by atoms with Gasteiger partial charge in [-0.1, -0.05) is 11.3 Å². The SMILES string of the molecule is CNS(=O)(=O)c1cc(C(=O)Nc2ccc3nc(N4CCCC4)sc3c2)cc(C)c1C. The second-order valence-corrected chi connectivity index (χ2v) is 10.3. The van der Waals surface area contributed by atoms with E-state index in [1.54, 1.807) is 31.3 Å². The summed E-state index contributed by atoms with van der Waals surface area (Å²) in [6.07, 6.45) is 2.39. The maximum absolute atomic E-state index is 12.8. The topological polar surface area (TPSA) is 91.4 Å². The monoisotopic (exact) mass is 444 g/mol. The van der Waals surface area contributed by atoms with Gasteiger partial charge in [0.05, 0.1) is 15.1 Å². The van der Waals surface area contributed by atoms with Crippen LogP contribution < -0.4 is 14.9 Å². The van der Waals surface area contributed by atoms with E-state index in [0.717, 1.165) is 34.0 Å². The number of nitrogens with one attached hydrogen (secondary N) is 2. The normalized spacial score (nSPS) is 14.4. The van der Waals surface area contributed by atoms with E-state index in [1.807, 2.05) is 18.2 Å². The molecule has 1 amide bonds. The Kier molecular flexibility index (Phi) is 5.52. The highest BCUT2D eigenvalue weighted by Gasteiger charge is 2.20. The van der Waals surface area contributed by atoms with Crippen LogP contribution in [0.25, 0.3) is 10.2 Å². The Morgan fingerprint density at radius 3 is 2.57 bits per heavy atom. The van der Waals surface area contributed by atoms with Gasteiger partial charge in [0.2, 0.25) is 10.0 Å². The Morgan fingerprint density at radius 1 is 1.13 bits per heavy atom. The molecule has 0 atom stereocenters. The number of amides is 1. The van der Waals surface area contributed by atoms with Crippen LogP contribution in [-0.2, 0) is 10.0 Å². The number of nitrogens with zero attached hydrogens (tertiary/aromatic N) is 2. The molecule has 30 heavy (non-hydrogen) atoms. The minimum atomic E-state index is -3.66. The first-order valence-corrected chi connectivity index (χ1v) is 12.1. The molecule has 1 fully saturated rings. The van der Waals surface area contributed by atoms with Gasteiger partial charge in [0.15, 0.2) is 5.13 Å². The van der Waals surface area contributed by atoms with Gasteiger partial charge >= 0.3 is 0 Å². The second-order valence-electron chi connectivity index (χ2n) is 7.45. The summed E-state index contributed by atoms with van der Waals surface area (Å²) < 4.78 is 28.0. The smallest absolute Gasteiger partial charge is 0.255 e. The lowest BCUT2D eigenvalue weighted by molar-refractivity contribution is 0.102. The minimum Gasteiger partial charge on any atom is -0.348 e. The summed E-state index contributed by atoms with van der Waals surface area (Å²) in [6.45, 7) is 5.60. The molecule has 1 aliphatic rings. The van der Waals surface area contributed by atoms with Gasteiger partial charge in [-0.25, -0.2) is 18.1 Å². The molecule has 7 nitrogen and oxygen atoms in total. The second kappa shape index (κ2) is 7.98. The van der Waals surface area contributed by atoms with Crippen molar-refractivity contribution in [2.75, 3.05) is 30.4 Å². The number of benzene rings is 2. The fraction of sp³-hybridized carbons (Fsp3) is 0.333. The summed E-state index contributed by atoms with van der Waals surface area (Å²) in [4.78, 5) is 20.0. The Bertz CT molecular complexity index is 1230. The molecule has 9 heteroatoms. The number of sulfonamides is 1. The van der Waals surface area contributed by atoms with Crippen LogP contribution in [0.2, 0.25) is 0 Å². The Hall–Kier alpha value is -2.49. The van der Waals surface area contributed by atoms with Crippen LogP contribution in [-0.4, -0.2) is 39.4 Å². The first-order valence-electron chi connectivity index (χ1n) is 9.80. The number of hydrogen-bond acceptors (Lipinski definition) is 6. The molecule has 158 valence electrons. The van der Waals surface area contributed by atoms with E-state index in [0.29, 0.717) is 16.8 Å². The van der Waals surface area contributed by atoms with E-state index in [-0.39, 0.29) is 10.8 Å². The molecule has 0 spiro atoms. The van der Waals surface area contributed by atoms with E-state index >= 15 is 0 Å². The third-order valence-electron chi connectivity index (χ3n) is 5.45. The van der Waals surface area contributed by atoms with Gasteiger partial charge in [0.1, 0.15) is 0 Å². The zero-order valence-electron chi connectivity index (χ0n) is 17.2. The Morgan fingerprint density at radius 2 is 1.87 bits per heavy atom. The molecule has 4 rings (SSSR count). The van der Waals surface area contributed by atoms with E-state index in [1.165, 1.54) is 26.0 Å². The maximum atomic E-state index is 12.8. The van der Waals surface area contributed by atoms with Crippen LogP contribution in [0.3, 0.4) is 0 Å². The molecule has 1 saturated heterocycles. The lowest BCUT2D eigenvalue weighted by atomic mass is 10.1. The van der Waals surface area contributed by atoms with E-state index < -0.39 is 10.0 Å². The van der Waals surface area contributed by atoms with Crippen molar-refractivity contribution in [1.82, 2.24) is 9.71 Å². The van der Waals surface area contributed by atoms with Crippen molar-refractivity contribution in [3.8, 4) is 0 Å². The van der Waals surface area contributed by atoms with Gasteiger partial charge < -0.3 is 10.2 Å². The summed E-state index contributed by atoms with van der Waals surface area (Å²) in [7, 11) is -2.30. The molecule has 0 radical (unpaired) electrons. The van der Waals surface area contributed by atoms with Crippen molar-refractivity contribution in [3.05, 3.63) is 47.0 Å². The summed E-state index contributed by atoms with van der Waals surface area (Å²) in [5.41, 5.74) is 3.23. The number of aryl methyl sites for hydroxylation is 1. The van der Waals surface area contributed by atoms with E-state index in [4.69, 9.17) is 4.98 Å². The fourth-order valence-electron chi connectivity index (χ4n) is 3.58. The molecular weight excluding hydrogens is 420 g/mol. The van der Waals surface area contributed by atoms with Gasteiger partial charge in [-0.15, -0.1) is 0 Å². The number of carbonyl (C=O) groups excluding carboxylic acids is 1.